The maximum atomic E-state index is 5.31. The molecule has 1 fully saturated rings. The summed E-state index contributed by atoms with van der Waals surface area (Å²) in [5, 5.41) is 7.73. The first kappa shape index (κ1) is 17.4. The third kappa shape index (κ3) is 6.22. The first-order valence-corrected chi connectivity index (χ1v) is 8.46. The number of hydrogen-bond donors (Lipinski definition) is 4. The maximum Gasteiger partial charge on any atom is 0.185 e. The first-order chi connectivity index (χ1) is 9.54. The largest absolute Gasteiger partial charge is 0.361 e. The number of hydrogen-bond acceptors (Lipinski definition) is 2. The Kier molecular flexibility index (Phi) is 8.14. The highest BCUT2D eigenvalue weighted by Crippen LogP contribution is 2.29. The van der Waals surface area contributed by atoms with Gasteiger partial charge in [0.1, 0.15) is 0 Å². The Balaban J connectivity index is 2.21. The van der Waals surface area contributed by atoms with E-state index in [0.29, 0.717) is 22.2 Å². The van der Waals surface area contributed by atoms with Crippen LogP contribution in [0, 0.1) is 11.8 Å². The van der Waals surface area contributed by atoms with Crippen molar-refractivity contribution >= 4 is 34.7 Å². The Hall–Kier alpha value is -0.620. The van der Waals surface area contributed by atoms with Crippen molar-refractivity contribution in [2.24, 2.45) is 11.8 Å². The van der Waals surface area contributed by atoms with E-state index in [9.17, 15) is 0 Å². The van der Waals surface area contributed by atoms with Crippen LogP contribution >= 0.6 is 24.4 Å². The molecule has 116 valence electrons. The quantitative estimate of drug-likeness (QED) is 0.363. The van der Waals surface area contributed by atoms with Crippen molar-refractivity contribution < 1.29 is 0 Å². The van der Waals surface area contributed by atoms with Gasteiger partial charge >= 0.3 is 0 Å². The summed E-state index contributed by atoms with van der Waals surface area (Å²) in [5.74, 6) is 1.41. The summed E-state index contributed by atoms with van der Waals surface area (Å²) in [7, 11) is 0. The first-order valence-electron chi connectivity index (χ1n) is 7.65. The van der Waals surface area contributed by atoms with Crippen LogP contribution in [0.1, 0.15) is 52.9 Å². The van der Waals surface area contributed by atoms with E-state index in [1.165, 1.54) is 19.3 Å². The van der Waals surface area contributed by atoms with Gasteiger partial charge in [0.2, 0.25) is 0 Å². The molecule has 0 aromatic carbocycles. The zero-order chi connectivity index (χ0) is 15.0. The molecular formula is C14H28N4S2. The molecule has 3 atom stereocenters. The number of rotatable bonds is 4. The van der Waals surface area contributed by atoms with Crippen LogP contribution in [0.15, 0.2) is 0 Å². The Bertz CT molecular complexity index is 322. The lowest BCUT2D eigenvalue weighted by molar-refractivity contribution is 0.224. The summed E-state index contributed by atoms with van der Waals surface area (Å²) in [4.78, 5) is 0. The van der Waals surface area contributed by atoms with Crippen molar-refractivity contribution in [1.29, 1.82) is 0 Å². The van der Waals surface area contributed by atoms with E-state index in [-0.39, 0.29) is 0 Å². The topological polar surface area (TPSA) is 48.1 Å². The zero-order valence-corrected chi connectivity index (χ0v) is 14.4. The molecule has 20 heavy (non-hydrogen) atoms. The summed E-state index contributed by atoms with van der Waals surface area (Å²) >= 11 is 10.5. The number of hydrazine groups is 1. The third-order valence-electron chi connectivity index (χ3n) is 4.13. The van der Waals surface area contributed by atoms with Gasteiger partial charge in [-0.2, -0.15) is 0 Å². The Morgan fingerprint density at radius 3 is 2.50 bits per heavy atom. The lowest BCUT2D eigenvalue weighted by atomic mass is 9.78. The minimum Gasteiger partial charge on any atom is -0.361 e. The lowest BCUT2D eigenvalue weighted by Crippen LogP contribution is -2.54. The van der Waals surface area contributed by atoms with E-state index >= 15 is 0 Å². The predicted molar refractivity (Wildman–Crippen MR) is 93.5 cm³/mol. The monoisotopic (exact) mass is 316 g/mol. The highest BCUT2D eigenvalue weighted by molar-refractivity contribution is 7.80. The molecule has 1 rings (SSSR count). The van der Waals surface area contributed by atoms with E-state index < -0.39 is 0 Å². The smallest absolute Gasteiger partial charge is 0.185 e. The van der Waals surface area contributed by atoms with Crippen LogP contribution in [0.25, 0.3) is 0 Å². The molecule has 0 saturated heterocycles. The lowest BCUT2D eigenvalue weighted by Gasteiger charge is -2.35. The molecule has 0 aromatic heterocycles. The number of thiocarbonyl (C=S) groups is 2. The van der Waals surface area contributed by atoms with Crippen LogP contribution in [0.4, 0.5) is 0 Å². The molecule has 0 radical (unpaired) electrons. The van der Waals surface area contributed by atoms with Crippen molar-refractivity contribution in [3.63, 3.8) is 0 Å². The average Bonchev–Trinajstić information content (AvgIpc) is 2.42. The van der Waals surface area contributed by atoms with Gasteiger partial charge in [0.25, 0.3) is 0 Å². The number of nitrogens with one attached hydrogen (secondary N) is 4. The van der Waals surface area contributed by atoms with Crippen molar-refractivity contribution in [2.45, 2.75) is 58.9 Å². The van der Waals surface area contributed by atoms with Crippen LogP contribution < -0.4 is 21.5 Å². The molecule has 0 aromatic rings. The summed E-state index contributed by atoms with van der Waals surface area (Å²) in [6.45, 7) is 7.66. The maximum absolute atomic E-state index is 5.31. The second-order valence-corrected chi connectivity index (χ2v) is 6.52. The normalized spacial score (nSPS) is 25.6. The molecule has 4 nitrogen and oxygen atoms in total. The zero-order valence-electron chi connectivity index (χ0n) is 12.8. The molecule has 0 aliphatic heterocycles. The standard InChI is InChI=1S/C14H28N4S2/c1-4-5-9-15-13(19)17-18-14(20)16-12-8-6-7-10(2)11(12)3/h10-12H,4-9H2,1-3H3,(H2,15,17,19)(H2,16,18,20)/t10-,11+,12+/m0/s1. The van der Waals surface area contributed by atoms with Crippen molar-refractivity contribution in [2.75, 3.05) is 6.54 Å². The molecule has 1 aliphatic carbocycles. The summed E-state index contributed by atoms with van der Waals surface area (Å²) in [6, 6.07) is 0.460. The van der Waals surface area contributed by atoms with Gasteiger partial charge in [-0.1, -0.05) is 40.0 Å². The summed E-state index contributed by atoms with van der Waals surface area (Å²) < 4.78 is 0. The van der Waals surface area contributed by atoms with Crippen LogP contribution in [0.2, 0.25) is 0 Å². The van der Waals surface area contributed by atoms with Gasteiger partial charge < -0.3 is 10.6 Å². The van der Waals surface area contributed by atoms with Crippen LogP contribution in [0.3, 0.4) is 0 Å². The fourth-order valence-corrected chi connectivity index (χ4v) is 2.88. The Morgan fingerprint density at radius 1 is 1.10 bits per heavy atom. The molecule has 1 saturated carbocycles. The fraction of sp³-hybridized carbons (Fsp3) is 0.857. The van der Waals surface area contributed by atoms with Crippen LogP contribution in [-0.4, -0.2) is 22.8 Å². The molecule has 0 spiro atoms. The minimum atomic E-state index is 0.460. The second kappa shape index (κ2) is 9.34. The van der Waals surface area contributed by atoms with Gasteiger partial charge in [-0.25, -0.2) is 0 Å². The fourth-order valence-electron chi connectivity index (χ4n) is 2.53. The van der Waals surface area contributed by atoms with Gasteiger partial charge in [0.05, 0.1) is 0 Å². The molecule has 0 bridgehead atoms. The minimum absolute atomic E-state index is 0.460. The third-order valence-corrected chi connectivity index (χ3v) is 4.60. The van der Waals surface area contributed by atoms with Crippen molar-refractivity contribution in [3.05, 3.63) is 0 Å². The Labute approximate surface area is 133 Å². The summed E-state index contributed by atoms with van der Waals surface area (Å²) in [6.07, 6.45) is 6.05. The van der Waals surface area contributed by atoms with E-state index in [1.54, 1.807) is 0 Å². The molecule has 1 aliphatic rings. The van der Waals surface area contributed by atoms with Gasteiger partial charge in [0, 0.05) is 12.6 Å². The summed E-state index contributed by atoms with van der Waals surface area (Å²) in [5.41, 5.74) is 5.88. The highest BCUT2D eigenvalue weighted by atomic mass is 32.1. The van der Waals surface area contributed by atoms with E-state index in [2.05, 4.69) is 42.3 Å². The van der Waals surface area contributed by atoms with Crippen molar-refractivity contribution in [3.8, 4) is 0 Å². The molecule has 0 unspecified atom stereocenters. The van der Waals surface area contributed by atoms with Gasteiger partial charge in [-0.3, -0.25) is 10.9 Å². The van der Waals surface area contributed by atoms with Crippen LogP contribution in [0.5, 0.6) is 0 Å². The van der Waals surface area contributed by atoms with Gasteiger partial charge in [-0.15, -0.1) is 0 Å². The molecular weight excluding hydrogens is 288 g/mol. The molecule has 0 amide bonds. The molecule has 4 N–H and O–H groups in total. The molecule has 0 heterocycles. The van der Waals surface area contributed by atoms with E-state index in [4.69, 9.17) is 24.4 Å². The Morgan fingerprint density at radius 2 is 1.80 bits per heavy atom. The van der Waals surface area contributed by atoms with Gasteiger partial charge in [0.15, 0.2) is 10.2 Å². The average molecular weight is 317 g/mol. The van der Waals surface area contributed by atoms with Crippen molar-refractivity contribution in [1.82, 2.24) is 21.5 Å². The highest BCUT2D eigenvalue weighted by Gasteiger charge is 2.27. The van der Waals surface area contributed by atoms with Crippen LogP contribution in [-0.2, 0) is 0 Å². The van der Waals surface area contributed by atoms with E-state index in [1.807, 2.05) is 0 Å². The number of unbranched alkanes of at least 4 members (excludes halogenated alkanes) is 1. The predicted octanol–water partition coefficient (Wildman–Crippen LogP) is 2.45. The SMILES string of the molecule is CCCCNC(=S)NNC(=S)N[C@@H]1CCC[C@H](C)[C@H]1C. The molecule has 6 heteroatoms. The second-order valence-electron chi connectivity index (χ2n) is 5.71. The van der Waals surface area contributed by atoms with Gasteiger partial charge in [-0.05, 0) is 49.1 Å². The van der Waals surface area contributed by atoms with E-state index in [0.717, 1.165) is 25.3 Å².